The molecular formula is C14H15N. The van der Waals surface area contributed by atoms with E-state index in [1.807, 2.05) is 0 Å². The number of aryl methyl sites for hydroxylation is 1. The number of fused-ring (bicyclic) bond motifs is 3. The van der Waals surface area contributed by atoms with Gasteiger partial charge in [0, 0.05) is 6.04 Å². The smallest absolute Gasteiger partial charge is 0.00825 e. The zero-order chi connectivity index (χ0) is 10.3. The van der Waals surface area contributed by atoms with Gasteiger partial charge in [-0.3, -0.25) is 0 Å². The zero-order valence-corrected chi connectivity index (χ0v) is 8.74. The minimum atomic E-state index is 0.360. The van der Waals surface area contributed by atoms with E-state index in [0.717, 1.165) is 19.3 Å². The summed E-state index contributed by atoms with van der Waals surface area (Å²) in [7, 11) is 0. The Kier molecular flexibility index (Phi) is 2.00. The predicted molar refractivity (Wildman–Crippen MR) is 63.9 cm³/mol. The van der Waals surface area contributed by atoms with Gasteiger partial charge in [-0.05, 0) is 41.2 Å². The maximum absolute atomic E-state index is 5.99. The van der Waals surface area contributed by atoms with Crippen molar-refractivity contribution in [3.63, 3.8) is 0 Å². The predicted octanol–water partition coefficient (Wildman–Crippen LogP) is 2.66. The van der Waals surface area contributed by atoms with E-state index in [-0.39, 0.29) is 0 Å². The van der Waals surface area contributed by atoms with E-state index in [1.165, 1.54) is 21.9 Å². The van der Waals surface area contributed by atoms with Crippen LogP contribution in [0.25, 0.3) is 10.8 Å². The van der Waals surface area contributed by atoms with Crippen molar-refractivity contribution in [3.8, 4) is 0 Å². The highest BCUT2D eigenvalue weighted by Crippen LogP contribution is 2.28. The van der Waals surface area contributed by atoms with Crippen molar-refractivity contribution in [2.75, 3.05) is 0 Å². The monoisotopic (exact) mass is 197 g/mol. The Balaban J connectivity index is 2.25. The van der Waals surface area contributed by atoms with Gasteiger partial charge >= 0.3 is 0 Å². The lowest BCUT2D eigenvalue weighted by Crippen LogP contribution is -2.27. The lowest BCUT2D eigenvalue weighted by molar-refractivity contribution is 0.579. The minimum Gasteiger partial charge on any atom is -0.327 e. The van der Waals surface area contributed by atoms with Crippen LogP contribution in [0.15, 0.2) is 36.4 Å². The maximum atomic E-state index is 5.99. The average molecular weight is 197 g/mol. The van der Waals surface area contributed by atoms with Gasteiger partial charge in [-0.1, -0.05) is 36.4 Å². The molecule has 2 aromatic rings. The average Bonchev–Trinajstić information content (AvgIpc) is 2.28. The van der Waals surface area contributed by atoms with Crippen LogP contribution in [-0.2, 0) is 12.8 Å². The summed E-state index contributed by atoms with van der Waals surface area (Å²) in [6.45, 7) is 0. The van der Waals surface area contributed by atoms with Crippen LogP contribution in [0.1, 0.15) is 17.5 Å². The van der Waals surface area contributed by atoms with Gasteiger partial charge in [-0.25, -0.2) is 0 Å². The molecule has 76 valence electrons. The third-order valence-corrected chi connectivity index (χ3v) is 3.38. The summed E-state index contributed by atoms with van der Waals surface area (Å²) in [5.74, 6) is 0. The van der Waals surface area contributed by atoms with Gasteiger partial charge in [0.1, 0.15) is 0 Å². The quantitative estimate of drug-likeness (QED) is 0.690. The Morgan fingerprint density at radius 2 is 1.93 bits per heavy atom. The number of hydrogen-bond donors (Lipinski definition) is 1. The van der Waals surface area contributed by atoms with Gasteiger partial charge in [0.2, 0.25) is 0 Å². The second-order valence-electron chi connectivity index (χ2n) is 4.43. The molecule has 0 saturated carbocycles. The second-order valence-corrected chi connectivity index (χ2v) is 4.43. The molecule has 0 fully saturated rings. The molecule has 2 N–H and O–H groups in total. The fourth-order valence-electron chi connectivity index (χ4n) is 2.58. The summed E-state index contributed by atoms with van der Waals surface area (Å²) in [6.07, 6.45) is 3.30. The molecule has 1 nitrogen and oxygen atoms in total. The van der Waals surface area contributed by atoms with E-state index in [9.17, 15) is 0 Å². The Morgan fingerprint density at radius 3 is 2.87 bits per heavy atom. The number of rotatable bonds is 0. The number of benzene rings is 2. The zero-order valence-electron chi connectivity index (χ0n) is 8.74. The van der Waals surface area contributed by atoms with Crippen molar-refractivity contribution < 1.29 is 0 Å². The number of hydrogen-bond acceptors (Lipinski definition) is 1. The molecule has 1 atom stereocenters. The molecule has 0 aliphatic heterocycles. The molecule has 0 saturated heterocycles. The fourth-order valence-corrected chi connectivity index (χ4v) is 2.58. The van der Waals surface area contributed by atoms with Crippen molar-refractivity contribution >= 4 is 10.8 Å². The Morgan fingerprint density at radius 1 is 1.07 bits per heavy atom. The standard InChI is InChI=1S/C14H15N/c15-12-7-8-14-11(9-12)6-5-10-3-1-2-4-13(10)14/h1-6,12H,7-9,15H2/t12-/m0/s1. The summed E-state index contributed by atoms with van der Waals surface area (Å²) >= 11 is 0. The molecule has 0 spiro atoms. The van der Waals surface area contributed by atoms with Gasteiger partial charge in [0.25, 0.3) is 0 Å². The van der Waals surface area contributed by atoms with Gasteiger partial charge < -0.3 is 5.73 Å². The normalized spacial score (nSPS) is 20.2. The molecule has 0 radical (unpaired) electrons. The first-order chi connectivity index (χ1) is 7.34. The lowest BCUT2D eigenvalue weighted by Gasteiger charge is -2.22. The molecule has 3 rings (SSSR count). The summed E-state index contributed by atoms with van der Waals surface area (Å²) in [5, 5.41) is 2.77. The largest absolute Gasteiger partial charge is 0.327 e. The van der Waals surface area contributed by atoms with E-state index >= 15 is 0 Å². The Labute approximate surface area is 89.9 Å². The van der Waals surface area contributed by atoms with E-state index in [4.69, 9.17) is 5.73 Å². The molecule has 1 aliphatic carbocycles. The molecule has 0 amide bonds. The SMILES string of the molecule is N[C@H]1CCc2c(ccc3ccccc23)C1. The summed E-state index contributed by atoms with van der Waals surface area (Å²) in [6, 6.07) is 13.5. The van der Waals surface area contributed by atoms with Crippen LogP contribution < -0.4 is 5.73 Å². The van der Waals surface area contributed by atoms with E-state index in [0.29, 0.717) is 6.04 Å². The number of nitrogens with two attached hydrogens (primary N) is 1. The summed E-state index contributed by atoms with van der Waals surface area (Å²) in [5.41, 5.74) is 8.97. The minimum absolute atomic E-state index is 0.360. The van der Waals surface area contributed by atoms with Crippen LogP contribution in [0.4, 0.5) is 0 Å². The topological polar surface area (TPSA) is 26.0 Å². The van der Waals surface area contributed by atoms with Crippen molar-refractivity contribution in [3.05, 3.63) is 47.5 Å². The summed E-state index contributed by atoms with van der Waals surface area (Å²) in [4.78, 5) is 0. The maximum Gasteiger partial charge on any atom is 0.00825 e. The van der Waals surface area contributed by atoms with Crippen molar-refractivity contribution in [2.24, 2.45) is 5.73 Å². The fraction of sp³-hybridized carbons (Fsp3) is 0.286. The van der Waals surface area contributed by atoms with Crippen LogP contribution in [0.3, 0.4) is 0 Å². The highest BCUT2D eigenvalue weighted by Gasteiger charge is 2.16. The van der Waals surface area contributed by atoms with Crippen LogP contribution in [0.5, 0.6) is 0 Å². The first-order valence-corrected chi connectivity index (χ1v) is 5.59. The van der Waals surface area contributed by atoms with Crippen LogP contribution in [0, 0.1) is 0 Å². The molecule has 15 heavy (non-hydrogen) atoms. The first-order valence-electron chi connectivity index (χ1n) is 5.59. The lowest BCUT2D eigenvalue weighted by atomic mass is 9.85. The summed E-state index contributed by atoms with van der Waals surface area (Å²) < 4.78 is 0. The molecule has 1 heteroatoms. The third kappa shape index (κ3) is 1.44. The third-order valence-electron chi connectivity index (χ3n) is 3.38. The Bertz CT molecular complexity index is 502. The Hall–Kier alpha value is -1.34. The van der Waals surface area contributed by atoms with Crippen LogP contribution in [-0.4, -0.2) is 6.04 Å². The van der Waals surface area contributed by atoms with Gasteiger partial charge in [-0.2, -0.15) is 0 Å². The molecular weight excluding hydrogens is 182 g/mol. The van der Waals surface area contributed by atoms with Crippen LogP contribution in [0.2, 0.25) is 0 Å². The second kappa shape index (κ2) is 3.35. The highest BCUT2D eigenvalue weighted by atomic mass is 14.6. The van der Waals surface area contributed by atoms with Crippen molar-refractivity contribution in [1.82, 2.24) is 0 Å². The van der Waals surface area contributed by atoms with Gasteiger partial charge in [-0.15, -0.1) is 0 Å². The van der Waals surface area contributed by atoms with E-state index in [2.05, 4.69) is 36.4 Å². The highest BCUT2D eigenvalue weighted by molar-refractivity contribution is 5.87. The van der Waals surface area contributed by atoms with Crippen LogP contribution >= 0.6 is 0 Å². The molecule has 0 heterocycles. The molecule has 0 aromatic heterocycles. The van der Waals surface area contributed by atoms with Gasteiger partial charge in [0.05, 0.1) is 0 Å². The van der Waals surface area contributed by atoms with Crippen molar-refractivity contribution in [2.45, 2.75) is 25.3 Å². The van der Waals surface area contributed by atoms with Gasteiger partial charge in [0.15, 0.2) is 0 Å². The first kappa shape index (κ1) is 8.93. The van der Waals surface area contributed by atoms with Crippen molar-refractivity contribution in [1.29, 1.82) is 0 Å². The van der Waals surface area contributed by atoms with E-state index < -0.39 is 0 Å². The molecule has 1 aliphatic rings. The molecule has 0 unspecified atom stereocenters. The molecule has 2 aromatic carbocycles. The van der Waals surface area contributed by atoms with E-state index in [1.54, 1.807) is 0 Å². The molecule has 0 bridgehead atoms.